The topological polar surface area (TPSA) is 57.4 Å². The van der Waals surface area contributed by atoms with Crippen molar-refractivity contribution in [2.45, 2.75) is 39.5 Å². The molecule has 0 amide bonds. The predicted octanol–water partition coefficient (Wildman–Crippen LogP) is 4.36. The number of rotatable bonds is 4. The van der Waals surface area contributed by atoms with Gasteiger partial charge in [0.15, 0.2) is 11.4 Å². The highest BCUT2D eigenvalue weighted by atomic mass is 32.2. The number of thioether (sulfide) groups is 1. The van der Waals surface area contributed by atoms with Gasteiger partial charge in [-0.15, -0.1) is 0 Å². The Morgan fingerprint density at radius 1 is 1.24 bits per heavy atom. The fourth-order valence-electron chi connectivity index (χ4n) is 2.11. The average molecular weight is 305 g/mol. The van der Waals surface area contributed by atoms with Gasteiger partial charge in [-0.05, 0) is 41.4 Å². The summed E-state index contributed by atoms with van der Waals surface area (Å²) in [4.78, 5) is 4.52. The molecule has 0 aliphatic carbocycles. The van der Waals surface area contributed by atoms with Crippen LogP contribution in [0.25, 0.3) is 0 Å². The van der Waals surface area contributed by atoms with E-state index in [-0.39, 0.29) is 0 Å². The van der Waals surface area contributed by atoms with Crippen molar-refractivity contribution in [3.05, 3.63) is 23.3 Å². The molecule has 21 heavy (non-hydrogen) atoms. The van der Waals surface area contributed by atoms with Crippen molar-refractivity contribution in [1.82, 2.24) is 5.32 Å². The van der Waals surface area contributed by atoms with E-state index in [0.29, 0.717) is 17.0 Å². The normalized spacial score (nSPS) is 11.7. The molecule has 0 saturated carbocycles. The Morgan fingerprint density at radius 3 is 2.10 bits per heavy atom. The molecule has 114 valence electrons. The lowest BCUT2D eigenvalue weighted by molar-refractivity contribution is 0.400. The fraction of sp³-hybridized carbons (Fsp3) is 0.500. The number of nitriles is 1. The number of nitrogens with one attached hydrogen (secondary N) is 1. The van der Waals surface area contributed by atoms with Crippen LogP contribution in [-0.4, -0.2) is 18.5 Å². The Morgan fingerprint density at radius 2 is 1.76 bits per heavy atom. The van der Waals surface area contributed by atoms with Gasteiger partial charge in [0, 0.05) is 0 Å². The van der Waals surface area contributed by atoms with E-state index >= 15 is 0 Å². The van der Waals surface area contributed by atoms with Gasteiger partial charge < -0.3 is 4.74 Å². The standard InChI is InChI=1S/C16H23N3OS/c1-10(2)13-7-12(19-16(21-6)18-9-17)8-14(11(3)4)15(13)20-5/h7-8,10-11H,1-6H3,(H,18,19). The van der Waals surface area contributed by atoms with Crippen LogP contribution >= 0.6 is 11.8 Å². The number of benzene rings is 1. The lowest BCUT2D eigenvalue weighted by atomic mass is 9.93. The molecule has 0 aliphatic rings. The van der Waals surface area contributed by atoms with E-state index in [0.717, 1.165) is 22.6 Å². The molecule has 1 rings (SSSR count). The van der Waals surface area contributed by atoms with Crippen molar-refractivity contribution >= 4 is 22.6 Å². The van der Waals surface area contributed by atoms with Crippen LogP contribution < -0.4 is 10.1 Å². The van der Waals surface area contributed by atoms with E-state index in [1.165, 1.54) is 11.8 Å². The maximum Gasteiger partial charge on any atom is 0.183 e. The summed E-state index contributed by atoms with van der Waals surface area (Å²) in [5.41, 5.74) is 3.12. The SMILES string of the molecule is COc1c(C(C)C)cc(N=C(NC#N)SC)cc1C(C)C. The summed E-state index contributed by atoms with van der Waals surface area (Å²) < 4.78 is 5.61. The van der Waals surface area contributed by atoms with Gasteiger partial charge >= 0.3 is 0 Å². The molecular formula is C16H23N3OS. The maximum atomic E-state index is 8.74. The Bertz CT molecular complexity index is 530. The number of ether oxygens (including phenoxy) is 1. The van der Waals surface area contributed by atoms with Gasteiger partial charge in [-0.2, -0.15) is 5.26 Å². The number of hydrogen-bond acceptors (Lipinski definition) is 4. The molecule has 0 aliphatic heterocycles. The molecule has 4 nitrogen and oxygen atoms in total. The first-order chi connectivity index (χ1) is 9.94. The molecule has 0 unspecified atom stereocenters. The van der Waals surface area contributed by atoms with Crippen molar-refractivity contribution in [2.75, 3.05) is 13.4 Å². The van der Waals surface area contributed by atoms with E-state index in [1.807, 2.05) is 24.6 Å². The Hall–Kier alpha value is -1.67. The Balaban J connectivity index is 3.45. The third kappa shape index (κ3) is 4.40. The van der Waals surface area contributed by atoms with Crippen LogP contribution in [-0.2, 0) is 0 Å². The van der Waals surface area contributed by atoms with E-state index in [4.69, 9.17) is 10.00 Å². The van der Waals surface area contributed by atoms with Crippen molar-refractivity contribution < 1.29 is 4.74 Å². The zero-order valence-corrected chi connectivity index (χ0v) is 14.3. The highest BCUT2D eigenvalue weighted by Crippen LogP contribution is 2.38. The number of amidine groups is 1. The second-order valence-corrected chi connectivity index (χ2v) is 6.12. The van der Waals surface area contributed by atoms with Crippen molar-refractivity contribution in [2.24, 2.45) is 4.99 Å². The van der Waals surface area contributed by atoms with Crippen molar-refractivity contribution in [3.8, 4) is 11.9 Å². The molecule has 1 aromatic carbocycles. The minimum absolute atomic E-state index is 0.342. The van der Waals surface area contributed by atoms with E-state index in [9.17, 15) is 0 Å². The van der Waals surface area contributed by atoms with Gasteiger partial charge in [0.1, 0.15) is 5.75 Å². The van der Waals surface area contributed by atoms with Gasteiger partial charge in [0.2, 0.25) is 0 Å². The molecule has 0 radical (unpaired) electrons. The smallest absolute Gasteiger partial charge is 0.183 e. The quantitative estimate of drug-likeness (QED) is 0.388. The van der Waals surface area contributed by atoms with Gasteiger partial charge in [-0.3, -0.25) is 5.32 Å². The van der Waals surface area contributed by atoms with Crippen LogP contribution in [0.15, 0.2) is 17.1 Å². The first-order valence-corrected chi connectivity index (χ1v) is 8.16. The van der Waals surface area contributed by atoms with Crippen molar-refractivity contribution in [3.63, 3.8) is 0 Å². The summed E-state index contributed by atoms with van der Waals surface area (Å²) in [6.45, 7) is 8.55. The van der Waals surface area contributed by atoms with E-state index in [1.54, 1.807) is 7.11 Å². The molecule has 0 atom stereocenters. The molecule has 1 N–H and O–H groups in total. The lowest BCUT2D eigenvalue weighted by Gasteiger charge is -2.19. The van der Waals surface area contributed by atoms with Gasteiger partial charge in [-0.25, -0.2) is 4.99 Å². The van der Waals surface area contributed by atoms with E-state index < -0.39 is 0 Å². The predicted molar refractivity (Wildman–Crippen MR) is 90.5 cm³/mol. The second-order valence-electron chi connectivity index (χ2n) is 5.32. The minimum Gasteiger partial charge on any atom is -0.496 e. The molecule has 0 fully saturated rings. The highest BCUT2D eigenvalue weighted by Gasteiger charge is 2.16. The second kappa shape index (κ2) is 7.94. The van der Waals surface area contributed by atoms with Crippen LogP contribution in [0.1, 0.15) is 50.7 Å². The third-order valence-electron chi connectivity index (χ3n) is 3.17. The van der Waals surface area contributed by atoms with Gasteiger partial charge in [-0.1, -0.05) is 39.5 Å². The first kappa shape index (κ1) is 17.4. The van der Waals surface area contributed by atoms with Crippen LogP contribution in [0.5, 0.6) is 5.75 Å². The number of aliphatic imine (C=N–C) groups is 1. The average Bonchev–Trinajstić information content (AvgIpc) is 2.45. The summed E-state index contributed by atoms with van der Waals surface area (Å²) in [5.74, 6) is 1.63. The summed E-state index contributed by atoms with van der Waals surface area (Å²) in [7, 11) is 1.71. The summed E-state index contributed by atoms with van der Waals surface area (Å²) in [6, 6.07) is 4.06. The highest BCUT2D eigenvalue weighted by molar-refractivity contribution is 8.13. The monoisotopic (exact) mass is 305 g/mol. The van der Waals surface area contributed by atoms with E-state index in [2.05, 4.69) is 38.0 Å². The zero-order chi connectivity index (χ0) is 16.0. The molecule has 0 aromatic heterocycles. The van der Waals surface area contributed by atoms with Gasteiger partial charge in [0.05, 0.1) is 12.8 Å². The van der Waals surface area contributed by atoms with Crippen LogP contribution in [0, 0.1) is 11.5 Å². The van der Waals surface area contributed by atoms with Crippen molar-refractivity contribution in [1.29, 1.82) is 5.26 Å². The minimum atomic E-state index is 0.342. The molecular weight excluding hydrogens is 282 g/mol. The summed E-state index contributed by atoms with van der Waals surface area (Å²) in [5, 5.41) is 11.9. The Labute approximate surface area is 131 Å². The van der Waals surface area contributed by atoms with Crippen LogP contribution in [0.3, 0.4) is 0 Å². The first-order valence-electron chi connectivity index (χ1n) is 6.94. The molecule has 0 bridgehead atoms. The van der Waals surface area contributed by atoms with Crippen LogP contribution in [0.4, 0.5) is 5.69 Å². The number of nitrogens with zero attached hydrogens (tertiary/aromatic N) is 2. The molecule has 0 spiro atoms. The zero-order valence-electron chi connectivity index (χ0n) is 13.5. The van der Waals surface area contributed by atoms with Gasteiger partial charge in [0.25, 0.3) is 0 Å². The number of methoxy groups -OCH3 is 1. The maximum absolute atomic E-state index is 8.74. The summed E-state index contributed by atoms with van der Waals surface area (Å²) in [6.07, 6.45) is 3.80. The number of hydrogen-bond donors (Lipinski definition) is 1. The summed E-state index contributed by atoms with van der Waals surface area (Å²) >= 11 is 1.41. The largest absolute Gasteiger partial charge is 0.496 e. The molecule has 5 heteroatoms. The third-order valence-corrected chi connectivity index (χ3v) is 3.75. The Kier molecular flexibility index (Phi) is 6.57. The van der Waals surface area contributed by atoms with Crippen LogP contribution in [0.2, 0.25) is 0 Å². The molecule has 1 aromatic rings. The molecule has 0 saturated heterocycles. The molecule has 0 heterocycles. The fourth-order valence-corrected chi connectivity index (χ4v) is 2.45. The lowest BCUT2D eigenvalue weighted by Crippen LogP contribution is -2.12.